The highest BCUT2D eigenvalue weighted by Gasteiger charge is 2.37. The third-order valence-electron chi connectivity index (χ3n) is 9.30. The maximum Gasteiger partial charge on any atom is 0.303 e. The second-order valence-corrected chi connectivity index (χ2v) is 14.1. The Balaban J connectivity index is 1.05. The topological polar surface area (TPSA) is 120 Å². The fourth-order valence-electron chi connectivity index (χ4n) is 6.68. The first kappa shape index (κ1) is 32.4. The number of anilines is 1. The van der Waals surface area contributed by atoms with Crippen LogP contribution in [0, 0.1) is 5.92 Å². The van der Waals surface area contributed by atoms with Gasteiger partial charge in [0.25, 0.3) is 0 Å². The molecule has 0 bridgehead atoms. The van der Waals surface area contributed by atoms with Crippen LogP contribution in [-0.2, 0) is 26.0 Å². The van der Waals surface area contributed by atoms with Crippen molar-refractivity contribution in [3.8, 4) is 11.1 Å². The molecule has 9 nitrogen and oxygen atoms in total. The number of piperazine rings is 1. The van der Waals surface area contributed by atoms with Gasteiger partial charge in [-0.3, -0.25) is 9.59 Å². The van der Waals surface area contributed by atoms with Crippen LogP contribution >= 0.6 is 0 Å². The van der Waals surface area contributed by atoms with Crippen LogP contribution in [0.3, 0.4) is 0 Å². The number of benzene rings is 3. The van der Waals surface area contributed by atoms with Crippen molar-refractivity contribution in [3.63, 3.8) is 0 Å². The first-order valence-corrected chi connectivity index (χ1v) is 17.7. The summed E-state index contributed by atoms with van der Waals surface area (Å²) < 4.78 is 29.5. The van der Waals surface area contributed by atoms with E-state index in [4.69, 9.17) is 5.11 Å². The third-order valence-corrected chi connectivity index (χ3v) is 10.8. The molecule has 244 valence electrons. The molecule has 1 aliphatic carbocycles. The first-order valence-electron chi connectivity index (χ1n) is 16.2. The average molecular weight is 653 g/mol. The Morgan fingerprint density at radius 3 is 2.11 bits per heavy atom. The van der Waals surface area contributed by atoms with Crippen molar-refractivity contribution in [1.29, 1.82) is 0 Å². The summed E-state index contributed by atoms with van der Waals surface area (Å²) in [6.07, 6.45) is 4.81. The van der Waals surface area contributed by atoms with Gasteiger partial charge in [0.05, 0.1) is 10.9 Å². The number of pyridine rings is 1. The molecule has 1 saturated heterocycles. The van der Waals surface area contributed by atoms with E-state index in [1.165, 1.54) is 0 Å². The van der Waals surface area contributed by atoms with Crippen LogP contribution < -0.4 is 9.62 Å². The molecule has 6 rings (SSSR count). The van der Waals surface area contributed by atoms with Crippen molar-refractivity contribution in [1.82, 2.24) is 14.6 Å². The number of aliphatic carboxylic acids is 1. The molecule has 0 radical (unpaired) electrons. The fourth-order valence-corrected chi connectivity index (χ4v) is 7.98. The molecule has 2 fully saturated rings. The number of nitrogens with zero attached hydrogens (tertiary/aromatic N) is 3. The van der Waals surface area contributed by atoms with Gasteiger partial charge in [0.2, 0.25) is 15.9 Å². The van der Waals surface area contributed by atoms with Gasteiger partial charge in [-0.1, -0.05) is 72.8 Å². The van der Waals surface area contributed by atoms with Gasteiger partial charge in [0, 0.05) is 44.2 Å². The average Bonchev–Trinajstić information content (AvgIpc) is 3.11. The summed E-state index contributed by atoms with van der Waals surface area (Å²) in [5.74, 6) is 0.0839. The monoisotopic (exact) mass is 652 g/mol. The Kier molecular flexibility index (Phi) is 9.98. The van der Waals surface area contributed by atoms with Crippen molar-refractivity contribution >= 4 is 27.7 Å². The molecule has 1 aliphatic heterocycles. The van der Waals surface area contributed by atoms with E-state index in [1.807, 2.05) is 65.6 Å². The summed E-state index contributed by atoms with van der Waals surface area (Å²) >= 11 is 0. The standard InChI is InChI=1S/C37H40N4O5S/c42-36(43)22-11-27-9-12-28(13-10-27)29-16-20-33(21-17-29)47(45,46)39-32-18-14-31(15-19-32)37(44)41-25-24-40(35-8-4-5-23-38-35)26-34(41)30-6-2-1-3-7-30/h1-10,12-13,16-17,20-21,23,31-32,34,39H,11,14-15,18-19,22,24-26H2,(H,42,43)/t31-,32-,34-/m1/s1. The lowest BCUT2D eigenvalue weighted by Crippen LogP contribution is -2.53. The molecule has 2 N–H and O–H groups in total. The van der Waals surface area contributed by atoms with E-state index in [-0.39, 0.29) is 35.2 Å². The quantitative estimate of drug-likeness (QED) is 0.226. The number of carboxylic acid groups (broad SMARTS) is 1. The number of carbonyl (C=O) groups excluding carboxylic acids is 1. The van der Waals surface area contributed by atoms with E-state index in [1.54, 1.807) is 30.5 Å². The molecule has 3 aromatic carbocycles. The van der Waals surface area contributed by atoms with Crippen LogP contribution in [0.2, 0.25) is 0 Å². The van der Waals surface area contributed by atoms with Gasteiger partial charge in [-0.15, -0.1) is 0 Å². The SMILES string of the molecule is O=C(O)CCc1ccc(-c2ccc(S(=O)(=O)N[C@H]3CC[C@H](C(=O)N4CCN(c5ccccn5)C[C@@H]4c4ccccc4)CC3)cc2)cc1. The van der Waals surface area contributed by atoms with Crippen molar-refractivity contribution < 1.29 is 23.1 Å². The fraction of sp³-hybridized carbons (Fsp3) is 0.324. The number of sulfonamides is 1. The number of amides is 1. The smallest absolute Gasteiger partial charge is 0.303 e. The van der Waals surface area contributed by atoms with E-state index in [2.05, 4.69) is 26.7 Å². The Morgan fingerprint density at radius 2 is 1.47 bits per heavy atom. The Bertz CT molecular complexity index is 1760. The molecule has 47 heavy (non-hydrogen) atoms. The molecule has 4 aromatic rings. The number of hydrogen-bond acceptors (Lipinski definition) is 6. The zero-order chi connectivity index (χ0) is 32.8. The number of carbonyl (C=O) groups is 2. The Labute approximate surface area is 276 Å². The number of nitrogens with one attached hydrogen (secondary N) is 1. The Morgan fingerprint density at radius 1 is 0.809 bits per heavy atom. The molecule has 2 heterocycles. The summed E-state index contributed by atoms with van der Waals surface area (Å²) in [4.78, 5) is 33.8. The maximum atomic E-state index is 14.0. The van der Waals surface area contributed by atoms with E-state index in [0.717, 1.165) is 28.1 Å². The van der Waals surface area contributed by atoms with Gasteiger partial charge in [-0.25, -0.2) is 18.1 Å². The van der Waals surface area contributed by atoms with Crippen LogP contribution in [0.1, 0.15) is 49.3 Å². The minimum absolute atomic E-state index is 0.0795. The lowest BCUT2D eigenvalue weighted by molar-refractivity contribution is -0.140. The molecule has 1 aromatic heterocycles. The van der Waals surface area contributed by atoms with Crippen LogP contribution in [0.4, 0.5) is 5.82 Å². The van der Waals surface area contributed by atoms with Crippen LogP contribution in [0.5, 0.6) is 0 Å². The molecule has 0 unspecified atom stereocenters. The van der Waals surface area contributed by atoms with Crippen LogP contribution in [0.25, 0.3) is 11.1 Å². The van der Waals surface area contributed by atoms with Crippen molar-refractivity contribution in [3.05, 3.63) is 114 Å². The molecular formula is C37H40N4O5S. The Hall–Kier alpha value is -4.54. The summed E-state index contributed by atoms with van der Waals surface area (Å²) in [5, 5.41) is 8.90. The van der Waals surface area contributed by atoms with E-state index in [9.17, 15) is 18.0 Å². The summed E-state index contributed by atoms with van der Waals surface area (Å²) in [7, 11) is -3.73. The van der Waals surface area contributed by atoms with E-state index in [0.29, 0.717) is 51.7 Å². The highest BCUT2D eigenvalue weighted by Crippen LogP contribution is 2.33. The number of aryl methyl sites for hydroxylation is 1. The molecule has 2 aliphatic rings. The van der Waals surface area contributed by atoms with Crippen LogP contribution in [0.15, 0.2) is 108 Å². The molecule has 1 saturated carbocycles. The van der Waals surface area contributed by atoms with E-state index < -0.39 is 16.0 Å². The lowest BCUT2D eigenvalue weighted by Gasteiger charge is -2.44. The van der Waals surface area contributed by atoms with Gasteiger partial charge in [0.1, 0.15) is 5.82 Å². The van der Waals surface area contributed by atoms with E-state index >= 15 is 0 Å². The minimum atomic E-state index is -3.73. The molecule has 1 amide bonds. The predicted molar refractivity (Wildman–Crippen MR) is 181 cm³/mol. The van der Waals surface area contributed by atoms with Gasteiger partial charge >= 0.3 is 5.97 Å². The second-order valence-electron chi connectivity index (χ2n) is 12.4. The number of hydrogen-bond donors (Lipinski definition) is 2. The lowest BCUT2D eigenvalue weighted by atomic mass is 9.85. The van der Waals surface area contributed by atoms with Crippen molar-refractivity contribution in [2.45, 2.75) is 55.5 Å². The number of aromatic nitrogens is 1. The van der Waals surface area contributed by atoms with Gasteiger partial charge < -0.3 is 14.9 Å². The minimum Gasteiger partial charge on any atom is -0.481 e. The summed E-state index contributed by atoms with van der Waals surface area (Å²) in [6.45, 7) is 1.98. The number of carboxylic acids is 1. The highest BCUT2D eigenvalue weighted by atomic mass is 32.2. The summed E-state index contributed by atoms with van der Waals surface area (Å²) in [6, 6.07) is 30.1. The first-order chi connectivity index (χ1) is 22.8. The molecule has 10 heteroatoms. The largest absolute Gasteiger partial charge is 0.481 e. The second kappa shape index (κ2) is 14.5. The predicted octanol–water partition coefficient (Wildman–Crippen LogP) is 5.69. The zero-order valence-corrected chi connectivity index (χ0v) is 27.1. The van der Waals surface area contributed by atoms with Crippen molar-refractivity contribution in [2.75, 3.05) is 24.5 Å². The maximum absolute atomic E-state index is 14.0. The molecule has 1 atom stereocenters. The molecular weight excluding hydrogens is 612 g/mol. The zero-order valence-electron chi connectivity index (χ0n) is 26.2. The van der Waals surface area contributed by atoms with Gasteiger partial charge in [-0.05, 0) is 78.6 Å². The van der Waals surface area contributed by atoms with Gasteiger partial charge in [0.15, 0.2) is 0 Å². The van der Waals surface area contributed by atoms with Gasteiger partial charge in [-0.2, -0.15) is 0 Å². The summed E-state index contributed by atoms with van der Waals surface area (Å²) in [5.41, 5.74) is 3.84. The molecule has 0 spiro atoms. The third kappa shape index (κ3) is 7.89. The van der Waals surface area contributed by atoms with Crippen LogP contribution in [-0.4, -0.2) is 61.0 Å². The number of rotatable bonds is 10. The normalized spacial score (nSPS) is 20.1. The van der Waals surface area contributed by atoms with Crippen molar-refractivity contribution in [2.24, 2.45) is 5.92 Å². The highest BCUT2D eigenvalue weighted by molar-refractivity contribution is 7.89.